The van der Waals surface area contributed by atoms with Gasteiger partial charge in [-0.25, -0.2) is 0 Å². The summed E-state index contributed by atoms with van der Waals surface area (Å²) in [6.45, 7) is 0. The van der Waals surface area contributed by atoms with Gasteiger partial charge in [0.05, 0.1) is 0 Å². The third-order valence-corrected chi connectivity index (χ3v) is 42.2. The molecule has 14 aliphatic heterocycles. The average Bonchev–Trinajstić information content (AvgIpc) is 3.81. The molecule has 14 heteroatoms. The highest BCUT2D eigenvalue weighted by Gasteiger charge is 2.74. The zero-order valence-corrected chi connectivity index (χ0v) is 35.0. The maximum atomic E-state index is 2.57. The summed E-state index contributed by atoms with van der Waals surface area (Å²) in [4.78, 5) is 0. The van der Waals surface area contributed by atoms with Crippen LogP contribution in [0.3, 0.4) is 0 Å². The van der Waals surface area contributed by atoms with Crippen molar-refractivity contribution in [2.45, 2.75) is 149 Å². The van der Waals surface area contributed by atoms with Gasteiger partial charge in [0.15, 0.2) is 0 Å². The van der Waals surface area contributed by atoms with Gasteiger partial charge in [0, 0.05) is 136 Å². The van der Waals surface area contributed by atoms with Crippen molar-refractivity contribution < 1.29 is 0 Å². The second-order valence-electron chi connectivity index (χ2n) is 15.2. The molecular formula is C30H34S14. The normalized spacial score (nSPS) is 73.6. The van der Waals surface area contributed by atoms with Crippen molar-refractivity contribution in [3.8, 4) is 0 Å². The van der Waals surface area contributed by atoms with E-state index in [0.717, 1.165) is 136 Å². The lowest BCUT2D eigenvalue weighted by Crippen LogP contribution is -2.30. The van der Waals surface area contributed by atoms with E-state index < -0.39 is 0 Å². The molecular weight excluding hydrogens is 809 g/mol. The quantitative estimate of drug-likeness (QED) is 0.233. The Morgan fingerprint density at radius 1 is 0.205 bits per heavy atom. The highest BCUT2D eigenvalue weighted by atomic mass is 32.2. The Morgan fingerprint density at radius 3 is 0.614 bits per heavy atom. The van der Waals surface area contributed by atoms with Crippen molar-refractivity contribution in [3.63, 3.8) is 0 Å². The minimum Gasteiger partial charge on any atom is -0.156 e. The molecule has 0 bridgehead atoms. The number of fused-ring (bicyclic) bond motifs is 25. The van der Waals surface area contributed by atoms with Crippen molar-refractivity contribution in [1.82, 2.24) is 0 Å². The zero-order chi connectivity index (χ0) is 27.7. The van der Waals surface area contributed by atoms with Gasteiger partial charge in [0.1, 0.15) is 0 Å². The lowest BCUT2D eigenvalue weighted by atomic mass is 10.0. The topological polar surface area (TPSA) is 0 Å². The molecule has 26 atom stereocenters. The van der Waals surface area contributed by atoms with Crippen LogP contribution in [-0.4, -0.2) is 148 Å². The smallest absolute Gasteiger partial charge is 0.0311 e. The molecule has 14 heterocycles. The molecule has 14 aliphatic rings. The first-order valence-corrected chi connectivity index (χ1v) is 30.3. The molecule has 0 nitrogen and oxygen atoms in total. The Bertz CT molecular complexity index is 1210. The largest absolute Gasteiger partial charge is 0.156 e. The van der Waals surface area contributed by atoms with Crippen LogP contribution >= 0.6 is 165 Å². The minimum atomic E-state index is 0.962. The standard InChI is InChI=1S/C30H34S14/c1-3-31-7-5(1)33-11-9(7)35-15-13(11)37-19-17(15)39-23-21(19)41-27-25(23)43-30-28-26(44-29(27)30)24-22(42-28)20-18(40-24)16-14(38-20)12-10(36-16)8-6(34-12)2-4-32-8/h5-30H,1-4H2. The summed E-state index contributed by atoms with van der Waals surface area (Å²) < 4.78 is 0. The molecule has 0 aromatic rings. The van der Waals surface area contributed by atoms with Gasteiger partial charge in [-0.2, -0.15) is 165 Å². The molecule has 0 spiro atoms. The maximum Gasteiger partial charge on any atom is 0.0311 e. The van der Waals surface area contributed by atoms with Crippen LogP contribution in [-0.2, 0) is 0 Å². The Balaban J connectivity index is 0.680. The van der Waals surface area contributed by atoms with Gasteiger partial charge in [-0.15, -0.1) is 0 Å². The summed E-state index contributed by atoms with van der Waals surface area (Å²) in [5.41, 5.74) is 0. The number of hydrogen-bond acceptors (Lipinski definition) is 14. The van der Waals surface area contributed by atoms with E-state index in [9.17, 15) is 0 Å². The van der Waals surface area contributed by atoms with E-state index >= 15 is 0 Å². The van der Waals surface area contributed by atoms with Crippen molar-refractivity contribution in [1.29, 1.82) is 0 Å². The van der Waals surface area contributed by atoms with E-state index in [4.69, 9.17) is 0 Å². The molecule has 0 aromatic carbocycles. The fraction of sp³-hybridized carbons (Fsp3) is 1.00. The molecule has 0 N–H and O–H groups in total. The maximum absolute atomic E-state index is 2.57. The number of hydrogen-bond donors (Lipinski definition) is 0. The number of rotatable bonds is 0. The molecule has 0 amide bonds. The second kappa shape index (κ2) is 10.3. The Kier molecular flexibility index (Phi) is 6.89. The molecule has 0 aromatic heterocycles. The van der Waals surface area contributed by atoms with Gasteiger partial charge in [0.25, 0.3) is 0 Å². The van der Waals surface area contributed by atoms with Crippen molar-refractivity contribution in [2.24, 2.45) is 0 Å². The molecule has 0 saturated carbocycles. The van der Waals surface area contributed by atoms with Gasteiger partial charge in [-0.05, 0) is 24.3 Å². The highest BCUT2D eigenvalue weighted by Crippen LogP contribution is 2.76. The van der Waals surface area contributed by atoms with E-state index in [2.05, 4.69) is 165 Å². The highest BCUT2D eigenvalue weighted by molar-refractivity contribution is 8.19. The number of thioether (sulfide) groups is 14. The third-order valence-electron chi connectivity index (χ3n) is 13.4. The van der Waals surface area contributed by atoms with Gasteiger partial charge in [0.2, 0.25) is 0 Å². The fourth-order valence-corrected chi connectivity index (χ4v) is 46.9. The van der Waals surface area contributed by atoms with Crippen LogP contribution in [0.5, 0.6) is 0 Å². The van der Waals surface area contributed by atoms with Gasteiger partial charge in [-0.1, -0.05) is 0 Å². The summed E-state index contributed by atoms with van der Waals surface area (Å²) in [7, 11) is 0. The van der Waals surface area contributed by atoms with Crippen molar-refractivity contribution >= 4 is 165 Å². The van der Waals surface area contributed by atoms with E-state index in [1.165, 1.54) is 24.3 Å². The van der Waals surface area contributed by atoms with E-state index in [1.807, 2.05) is 0 Å². The van der Waals surface area contributed by atoms with Crippen LogP contribution in [0.15, 0.2) is 0 Å². The van der Waals surface area contributed by atoms with Crippen LogP contribution in [0, 0.1) is 0 Å². The molecule has 14 saturated heterocycles. The Morgan fingerprint density at radius 2 is 0.386 bits per heavy atom. The minimum absolute atomic E-state index is 0.962. The predicted octanol–water partition coefficient (Wildman–Crippen LogP) is 7.81. The van der Waals surface area contributed by atoms with Crippen LogP contribution in [0.1, 0.15) is 12.8 Å². The lowest BCUT2D eigenvalue weighted by molar-refractivity contribution is 0.735. The van der Waals surface area contributed by atoms with Crippen LogP contribution in [0.4, 0.5) is 0 Å². The van der Waals surface area contributed by atoms with Crippen LogP contribution < -0.4 is 0 Å². The van der Waals surface area contributed by atoms with Gasteiger partial charge >= 0.3 is 0 Å². The summed E-state index contributed by atoms with van der Waals surface area (Å²) in [5.74, 6) is 2.88. The van der Waals surface area contributed by atoms with Gasteiger partial charge in [-0.3, -0.25) is 0 Å². The summed E-state index contributed by atoms with van der Waals surface area (Å²) >= 11 is 35.1. The second-order valence-corrected chi connectivity index (χ2v) is 34.2. The third kappa shape index (κ3) is 3.63. The summed E-state index contributed by atoms with van der Waals surface area (Å²) in [6, 6.07) is 0. The molecule has 26 unspecified atom stereocenters. The lowest BCUT2D eigenvalue weighted by Gasteiger charge is -2.25. The molecule has 238 valence electrons. The molecule has 44 heavy (non-hydrogen) atoms. The molecule has 14 rings (SSSR count). The first-order valence-electron chi connectivity index (χ1n) is 16.9. The van der Waals surface area contributed by atoms with Crippen molar-refractivity contribution in [2.75, 3.05) is 11.5 Å². The zero-order valence-electron chi connectivity index (χ0n) is 23.6. The van der Waals surface area contributed by atoms with Crippen LogP contribution in [0.2, 0.25) is 0 Å². The molecule has 0 radical (unpaired) electrons. The summed E-state index contributed by atoms with van der Waals surface area (Å²) in [6.07, 6.45) is 3.00. The molecule has 14 fully saturated rings. The van der Waals surface area contributed by atoms with E-state index in [0.29, 0.717) is 0 Å². The SMILES string of the molecule is C1CC2SC3C(SC4C3SC3C4SC4C3SC3C4SC4C5SC6C7SC8C9SC%10CCSC%10C9SC8C7SC6C5SC34)C2S1. The van der Waals surface area contributed by atoms with E-state index in [1.54, 1.807) is 0 Å². The fourth-order valence-electron chi connectivity index (χ4n) is 11.8. The Hall–Kier alpha value is 4.90. The van der Waals surface area contributed by atoms with E-state index in [-0.39, 0.29) is 0 Å². The summed E-state index contributed by atoms with van der Waals surface area (Å²) in [5, 5.41) is 25.3. The average molecular weight is 844 g/mol. The van der Waals surface area contributed by atoms with Crippen LogP contribution in [0.25, 0.3) is 0 Å². The Labute approximate surface area is 321 Å². The first-order chi connectivity index (χ1) is 21.8. The molecule has 0 aliphatic carbocycles. The predicted molar refractivity (Wildman–Crippen MR) is 224 cm³/mol. The van der Waals surface area contributed by atoms with Crippen molar-refractivity contribution in [3.05, 3.63) is 0 Å². The first kappa shape index (κ1) is 29.3. The monoisotopic (exact) mass is 842 g/mol. The van der Waals surface area contributed by atoms with Gasteiger partial charge < -0.3 is 0 Å².